The molecule has 0 unspecified atom stereocenters. The summed E-state index contributed by atoms with van der Waals surface area (Å²) in [7, 11) is 0. The molecule has 2 rings (SSSR count). The molecule has 0 aliphatic carbocycles. The van der Waals surface area contributed by atoms with Gasteiger partial charge in [0.05, 0.1) is 17.6 Å². The number of aromatic nitrogens is 3. The maximum atomic E-state index is 8.81. The van der Waals surface area contributed by atoms with Crippen molar-refractivity contribution < 1.29 is 5.11 Å². The first-order valence-electron chi connectivity index (χ1n) is 5.45. The van der Waals surface area contributed by atoms with Gasteiger partial charge in [-0.3, -0.25) is 0 Å². The SMILES string of the molecule is CCc1cn(-c2ccc(CCO)cc2)nn1. The number of hydrogen-bond donors (Lipinski definition) is 1. The Morgan fingerprint density at radius 2 is 2.00 bits per heavy atom. The molecule has 16 heavy (non-hydrogen) atoms. The van der Waals surface area contributed by atoms with E-state index in [-0.39, 0.29) is 6.61 Å². The molecular weight excluding hydrogens is 202 g/mol. The minimum absolute atomic E-state index is 0.183. The third-order valence-electron chi connectivity index (χ3n) is 2.50. The Bertz CT molecular complexity index is 448. The van der Waals surface area contributed by atoms with Crippen LogP contribution in [0.4, 0.5) is 0 Å². The summed E-state index contributed by atoms with van der Waals surface area (Å²) in [5, 5.41) is 16.9. The van der Waals surface area contributed by atoms with Crippen LogP contribution in [-0.2, 0) is 12.8 Å². The second kappa shape index (κ2) is 4.90. The van der Waals surface area contributed by atoms with Gasteiger partial charge in [0.25, 0.3) is 0 Å². The van der Waals surface area contributed by atoms with Crippen LogP contribution in [0.15, 0.2) is 30.5 Å². The van der Waals surface area contributed by atoms with Gasteiger partial charge in [-0.1, -0.05) is 24.3 Å². The fourth-order valence-corrected chi connectivity index (χ4v) is 1.53. The average molecular weight is 217 g/mol. The summed E-state index contributed by atoms with van der Waals surface area (Å²) in [6, 6.07) is 7.97. The lowest BCUT2D eigenvalue weighted by Crippen LogP contribution is -1.96. The first kappa shape index (κ1) is 10.8. The van der Waals surface area contributed by atoms with Gasteiger partial charge in [-0.05, 0) is 30.5 Å². The molecular formula is C12H15N3O. The van der Waals surface area contributed by atoms with E-state index in [1.54, 1.807) is 4.68 Å². The number of benzene rings is 1. The van der Waals surface area contributed by atoms with E-state index in [9.17, 15) is 0 Å². The second-order valence-electron chi connectivity index (χ2n) is 3.65. The summed E-state index contributed by atoms with van der Waals surface area (Å²) in [5.41, 5.74) is 3.11. The van der Waals surface area contributed by atoms with Crippen molar-refractivity contribution in [1.82, 2.24) is 15.0 Å². The van der Waals surface area contributed by atoms with Crippen molar-refractivity contribution in [1.29, 1.82) is 0 Å². The average Bonchev–Trinajstić information content (AvgIpc) is 2.79. The molecule has 4 heteroatoms. The Hall–Kier alpha value is -1.68. The van der Waals surface area contributed by atoms with Crippen LogP contribution in [0.5, 0.6) is 0 Å². The van der Waals surface area contributed by atoms with E-state index in [1.165, 1.54) is 0 Å². The molecule has 84 valence electrons. The molecule has 1 heterocycles. The molecule has 1 N–H and O–H groups in total. The Morgan fingerprint density at radius 1 is 1.25 bits per heavy atom. The maximum absolute atomic E-state index is 8.81. The Kier molecular flexibility index (Phi) is 3.31. The molecule has 4 nitrogen and oxygen atoms in total. The van der Waals surface area contributed by atoms with E-state index < -0.39 is 0 Å². The third kappa shape index (κ3) is 2.28. The summed E-state index contributed by atoms with van der Waals surface area (Å²) >= 11 is 0. The van der Waals surface area contributed by atoms with E-state index in [1.807, 2.05) is 30.5 Å². The third-order valence-corrected chi connectivity index (χ3v) is 2.50. The number of aryl methyl sites for hydroxylation is 1. The number of aliphatic hydroxyl groups excluding tert-OH is 1. The molecule has 0 atom stereocenters. The van der Waals surface area contributed by atoms with Gasteiger partial charge in [0.1, 0.15) is 0 Å². The largest absolute Gasteiger partial charge is 0.396 e. The zero-order chi connectivity index (χ0) is 11.4. The van der Waals surface area contributed by atoms with Gasteiger partial charge in [-0.25, -0.2) is 4.68 Å². The van der Waals surface area contributed by atoms with Crippen LogP contribution in [0.25, 0.3) is 5.69 Å². The van der Waals surface area contributed by atoms with Crippen molar-refractivity contribution in [2.45, 2.75) is 19.8 Å². The maximum Gasteiger partial charge on any atom is 0.0829 e. The fourth-order valence-electron chi connectivity index (χ4n) is 1.53. The molecule has 0 aliphatic heterocycles. The molecule has 2 aromatic rings. The van der Waals surface area contributed by atoms with Crippen LogP contribution in [0.1, 0.15) is 18.2 Å². The predicted molar refractivity (Wildman–Crippen MR) is 61.5 cm³/mol. The van der Waals surface area contributed by atoms with E-state index in [0.29, 0.717) is 6.42 Å². The van der Waals surface area contributed by atoms with Gasteiger partial charge >= 0.3 is 0 Å². The highest BCUT2D eigenvalue weighted by atomic mass is 16.2. The minimum atomic E-state index is 0.183. The summed E-state index contributed by atoms with van der Waals surface area (Å²) in [6.45, 7) is 2.24. The van der Waals surface area contributed by atoms with Crippen LogP contribution >= 0.6 is 0 Å². The lowest BCUT2D eigenvalue weighted by Gasteiger charge is -2.01. The van der Waals surface area contributed by atoms with Crippen molar-refractivity contribution in [3.05, 3.63) is 41.7 Å². The van der Waals surface area contributed by atoms with Crippen molar-refractivity contribution in [3.63, 3.8) is 0 Å². The van der Waals surface area contributed by atoms with Gasteiger partial charge in [0.2, 0.25) is 0 Å². The second-order valence-corrected chi connectivity index (χ2v) is 3.65. The topological polar surface area (TPSA) is 50.9 Å². The molecule has 0 amide bonds. The normalized spacial score (nSPS) is 10.6. The quantitative estimate of drug-likeness (QED) is 0.841. The summed E-state index contributed by atoms with van der Waals surface area (Å²) in [4.78, 5) is 0. The number of aliphatic hydroxyl groups is 1. The highest BCUT2D eigenvalue weighted by Crippen LogP contribution is 2.09. The summed E-state index contributed by atoms with van der Waals surface area (Å²) < 4.78 is 1.77. The molecule has 0 radical (unpaired) electrons. The van der Waals surface area contributed by atoms with Gasteiger partial charge < -0.3 is 5.11 Å². The summed E-state index contributed by atoms with van der Waals surface area (Å²) in [6.07, 6.45) is 3.52. The number of rotatable bonds is 4. The van der Waals surface area contributed by atoms with Gasteiger partial charge in [0, 0.05) is 6.61 Å². The van der Waals surface area contributed by atoms with Crippen molar-refractivity contribution >= 4 is 0 Å². The molecule has 0 aliphatic rings. The highest BCUT2D eigenvalue weighted by molar-refractivity contribution is 5.33. The molecule has 0 fully saturated rings. The van der Waals surface area contributed by atoms with Crippen LogP contribution in [0.3, 0.4) is 0 Å². The predicted octanol–water partition coefficient (Wildman–Crippen LogP) is 1.36. The lowest BCUT2D eigenvalue weighted by molar-refractivity contribution is 0.299. The Morgan fingerprint density at radius 3 is 2.56 bits per heavy atom. The first-order chi connectivity index (χ1) is 7.83. The molecule has 0 saturated carbocycles. The van der Waals surface area contributed by atoms with E-state index in [4.69, 9.17) is 5.11 Å². The van der Waals surface area contributed by atoms with Gasteiger partial charge in [0.15, 0.2) is 0 Å². The zero-order valence-electron chi connectivity index (χ0n) is 9.30. The van der Waals surface area contributed by atoms with Crippen LogP contribution in [0.2, 0.25) is 0 Å². The summed E-state index contributed by atoms with van der Waals surface area (Å²) in [5.74, 6) is 0. The monoisotopic (exact) mass is 217 g/mol. The Balaban J connectivity index is 2.20. The number of hydrogen-bond acceptors (Lipinski definition) is 3. The Labute approximate surface area is 94.5 Å². The standard InChI is InChI=1S/C12H15N3O/c1-2-11-9-15(14-13-11)12-5-3-10(4-6-12)7-8-16/h3-6,9,16H,2,7-8H2,1H3. The lowest BCUT2D eigenvalue weighted by atomic mass is 10.1. The van der Waals surface area contributed by atoms with Gasteiger partial charge in [-0.2, -0.15) is 0 Å². The smallest absolute Gasteiger partial charge is 0.0829 e. The van der Waals surface area contributed by atoms with E-state index in [0.717, 1.165) is 23.4 Å². The number of nitrogens with zero attached hydrogens (tertiary/aromatic N) is 3. The van der Waals surface area contributed by atoms with Crippen molar-refractivity contribution in [2.75, 3.05) is 6.61 Å². The van der Waals surface area contributed by atoms with Crippen LogP contribution in [0, 0.1) is 0 Å². The molecule has 0 saturated heterocycles. The first-order valence-corrected chi connectivity index (χ1v) is 5.45. The highest BCUT2D eigenvalue weighted by Gasteiger charge is 2.00. The van der Waals surface area contributed by atoms with Crippen LogP contribution < -0.4 is 0 Å². The molecule has 1 aromatic carbocycles. The van der Waals surface area contributed by atoms with E-state index >= 15 is 0 Å². The zero-order valence-corrected chi connectivity index (χ0v) is 9.30. The van der Waals surface area contributed by atoms with Gasteiger partial charge in [-0.15, -0.1) is 5.10 Å². The van der Waals surface area contributed by atoms with Crippen molar-refractivity contribution in [2.24, 2.45) is 0 Å². The van der Waals surface area contributed by atoms with Crippen molar-refractivity contribution in [3.8, 4) is 5.69 Å². The fraction of sp³-hybridized carbons (Fsp3) is 0.333. The van der Waals surface area contributed by atoms with E-state index in [2.05, 4.69) is 17.2 Å². The molecule has 1 aromatic heterocycles. The van der Waals surface area contributed by atoms with Crippen LogP contribution in [-0.4, -0.2) is 26.7 Å². The minimum Gasteiger partial charge on any atom is -0.396 e. The molecule has 0 spiro atoms. The molecule has 0 bridgehead atoms.